The van der Waals surface area contributed by atoms with E-state index in [1.54, 1.807) is 0 Å². The predicted molar refractivity (Wildman–Crippen MR) is 113 cm³/mol. The van der Waals surface area contributed by atoms with E-state index in [2.05, 4.69) is 18.3 Å². The summed E-state index contributed by atoms with van der Waals surface area (Å²) in [6.45, 7) is 2.26. The molecule has 1 aromatic rings. The molecule has 0 saturated heterocycles. The van der Waals surface area contributed by atoms with E-state index in [1.165, 1.54) is 69.8 Å². The van der Waals surface area contributed by atoms with E-state index in [0.29, 0.717) is 5.56 Å². The maximum atomic E-state index is 12.4. The van der Waals surface area contributed by atoms with Crippen molar-refractivity contribution < 1.29 is 4.79 Å². The van der Waals surface area contributed by atoms with Crippen LogP contribution in [-0.2, 0) is 6.42 Å². The van der Waals surface area contributed by atoms with E-state index in [4.69, 9.17) is 11.1 Å². The summed E-state index contributed by atoms with van der Waals surface area (Å²) >= 11 is 0. The van der Waals surface area contributed by atoms with Crippen LogP contribution in [0.25, 0.3) is 0 Å². The highest BCUT2D eigenvalue weighted by molar-refractivity contribution is 6.01. The fraction of sp³-hybridized carbons (Fsp3) is 0.652. The van der Waals surface area contributed by atoms with Crippen molar-refractivity contribution in [1.82, 2.24) is 5.32 Å². The van der Waals surface area contributed by atoms with Gasteiger partial charge in [-0.1, -0.05) is 76.8 Å². The standard InChI is InChI=1S/C23H37N3O/c1-2-3-4-5-6-7-8-9-10-11-13-19-14-12-15-20(18-19)21(27)26-23(16-17-23)22(24)25/h12,14-15,18H,2-11,13,16-17H2,1H3,(H3,24,25)(H,26,27). The van der Waals surface area contributed by atoms with Gasteiger partial charge in [0.2, 0.25) is 0 Å². The number of nitrogens with two attached hydrogens (primary N) is 1. The lowest BCUT2D eigenvalue weighted by Crippen LogP contribution is -2.46. The average molecular weight is 372 g/mol. The molecule has 1 aliphatic rings. The average Bonchev–Trinajstić information content (AvgIpc) is 3.44. The van der Waals surface area contributed by atoms with Gasteiger partial charge < -0.3 is 11.1 Å². The summed E-state index contributed by atoms with van der Waals surface area (Å²) in [5.41, 5.74) is 6.91. The zero-order valence-electron chi connectivity index (χ0n) is 17.0. The molecule has 1 amide bonds. The topological polar surface area (TPSA) is 79.0 Å². The zero-order valence-corrected chi connectivity index (χ0v) is 17.0. The van der Waals surface area contributed by atoms with Gasteiger partial charge in [-0.15, -0.1) is 0 Å². The molecule has 2 rings (SSSR count). The number of carbonyl (C=O) groups is 1. The summed E-state index contributed by atoms with van der Waals surface area (Å²) in [7, 11) is 0. The number of amidine groups is 1. The summed E-state index contributed by atoms with van der Waals surface area (Å²) in [4.78, 5) is 12.4. The summed E-state index contributed by atoms with van der Waals surface area (Å²) < 4.78 is 0. The lowest BCUT2D eigenvalue weighted by molar-refractivity contribution is 0.0943. The third kappa shape index (κ3) is 7.36. The molecule has 4 N–H and O–H groups in total. The highest BCUT2D eigenvalue weighted by Gasteiger charge is 2.47. The Hall–Kier alpha value is -1.84. The second-order valence-corrected chi connectivity index (χ2v) is 8.08. The highest BCUT2D eigenvalue weighted by atomic mass is 16.1. The first-order valence-electron chi connectivity index (χ1n) is 10.8. The minimum atomic E-state index is -0.580. The Kier molecular flexibility index (Phi) is 8.83. The summed E-state index contributed by atoms with van der Waals surface area (Å²) in [6, 6.07) is 7.88. The molecule has 4 heteroatoms. The molecular formula is C23H37N3O. The van der Waals surface area contributed by atoms with E-state index >= 15 is 0 Å². The number of aryl methyl sites for hydroxylation is 1. The Bertz CT molecular complexity index is 607. The first kappa shape index (κ1) is 21.5. The zero-order chi connectivity index (χ0) is 19.5. The first-order chi connectivity index (χ1) is 13.1. The van der Waals surface area contributed by atoms with Crippen molar-refractivity contribution in [2.75, 3.05) is 0 Å². The SMILES string of the molecule is CCCCCCCCCCCCc1cccc(C(=O)NC2(C(=N)N)CC2)c1. The van der Waals surface area contributed by atoms with Gasteiger partial charge in [-0.2, -0.15) is 0 Å². The smallest absolute Gasteiger partial charge is 0.252 e. The van der Waals surface area contributed by atoms with Gasteiger partial charge in [0.1, 0.15) is 5.84 Å². The third-order valence-electron chi connectivity index (χ3n) is 5.63. The van der Waals surface area contributed by atoms with Gasteiger partial charge in [-0.05, 0) is 43.4 Å². The minimum absolute atomic E-state index is 0.0670. The van der Waals surface area contributed by atoms with Crippen LogP contribution >= 0.6 is 0 Å². The van der Waals surface area contributed by atoms with Gasteiger partial charge in [0.25, 0.3) is 5.91 Å². The van der Waals surface area contributed by atoms with Crippen LogP contribution in [0, 0.1) is 5.41 Å². The van der Waals surface area contributed by atoms with Crippen LogP contribution in [0.4, 0.5) is 0 Å². The van der Waals surface area contributed by atoms with E-state index < -0.39 is 5.54 Å². The lowest BCUT2D eigenvalue weighted by Gasteiger charge is -2.16. The van der Waals surface area contributed by atoms with Gasteiger partial charge in [-0.25, -0.2) is 0 Å². The number of hydrogen-bond donors (Lipinski definition) is 3. The predicted octanol–water partition coefficient (Wildman–Crippen LogP) is 5.35. The molecule has 27 heavy (non-hydrogen) atoms. The molecule has 0 unspecified atom stereocenters. The Labute approximate surface area is 164 Å². The maximum Gasteiger partial charge on any atom is 0.252 e. The van der Waals surface area contributed by atoms with Crippen LogP contribution in [0.3, 0.4) is 0 Å². The number of nitrogens with one attached hydrogen (secondary N) is 2. The third-order valence-corrected chi connectivity index (χ3v) is 5.63. The molecule has 0 aromatic heterocycles. The largest absolute Gasteiger partial charge is 0.386 e. The number of rotatable bonds is 14. The second-order valence-electron chi connectivity index (χ2n) is 8.08. The maximum absolute atomic E-state index is 12.4. The Morgan fingerprint density at radius 2 is 1.63 bits per heavy atom. The molecular weight excluding hydrogens is 334 g/mol. The van der Waals surface area contributed by atoms with Gasteiger partial charge in [0, 0.05) is 5.56 Å². The van der Waals surface area contributed by atoms with E-state index in [9.17, 15) is 4.79 Å². The summed E-state index contributed by atoms with van der Waals surface area (Å²) in [5, 5.41) is 10.6. The molecule has 0 radical (unpaired) electrons. The summed E-state index contributed by atoms with van der Waals surface area (Å²) in [5.74, 6) is -0.0509. The van der Waals surface area contributed by atoms with Gasteiger partial charge in [-0.3, -0.25) is 10.2 Å². The van der Waals surface area contributed by atoms with Crippen LogP contribution in [0.1, 0.15) is 99.9 Å². The van der Waals surface area contributed by atoms with Crippen LogP contribution in [-0.4, -0.2) is 17.3 Å². The second kappa shape index (κ2) is 11.1. The first-order valence-corrected chi connectivity index (χ1v) is 10.8. The molecule has 1 saturated carbocycles. The molecule has 0 spiro atoms. The molecule has 1 aromatic carbocycles. The molecule has 0 heterocycles. The van der Waals surface area contributed by atoms with Gasteiger partial charge in [0.05, 0.1) is 5.54 Å². The molecule has 150 valence electrons. The molecule has 0 atom stereocenters. The van der Waals surface area contributed by atoms with Crippen LogP contribution < -0.4 is 11.1 Å². The van der Waals surface area contributed by atoms with Crippen molar-refractivity contribution in [1.29, 1.82) is 5.41 Å². The van der Waals surface area contributed by atoms with E-state index in [-0.39, 0.29) is 11.7 Å². The molecule has 1 aliphatic carbocycles. The van der Waals surface area contributed by atoms with E-state index in [0.717, 1.165) is 19.3 Å². The molecule has 0 aliphatic heterocycles. The van der Waals surface area contributed by atoms with Gasteiger partial charge in [0.15, 0.2) is 0 Å². The van der Waals surface area contributed by atoms with E-state index in [1.807, 2.05) is 18.2 Å². The monoisotopic (exact) mass is 371 g/mol. The Balaban J connectivity index is 1.63. The number of hydrogen-bond acceptors (Lipinski definition) is 2. The molecule has 1 fully saturated rings. The van der Waals surface area contributed by atoms with Crippen molar-refractivity contribution >= 4 is 11.7 Å². The van der Waals surface area contributed by atoms with Crippen LogP contribution in [0.2, 0.25) is 0 Å². The Morgan fingerprint density at radius 1 is 1.04 bits per heavy atom. The van der Waals surface area contributed by atoms with Gasteiger partial charge >= 0.3 is 0 Å². The number of benzene rings is 1. The fourth-order valence-corrected chi connectivity index (χ4v) is 3.56. The minimum Gasteiger partial charge on any atom is -0.386 e. The van der Waals surface area contributed by atoms with Crippen LogP contribution in [0.15, 0.2) is 24.3 Å². The fourth-order valence-electron chi connectivity index (χ4n) is 3.56. The van der Waals surface area contributed by atoms with Crippen molar-refractivity contribution in [3.8, 4) is 0 Å². The summed E-state index contributed by atoms with van der Waals surface area (Å²) in [6.07, 6.45) is 15.9. The van der Waals surface area contributed by atoms with Crippen molar-refractivity contribution in [2.24, 2.45) is 5.73 Å². The van der Waals surface area contributed by atoms with Crippen molar-refractivity contribution in [3.05, 3.63) is 35.4 Å². The van der Waals surface area contributed by atoms with Crippen LogP contribution in [0.5, 0.6) is 0 Å². The highest BCUT2D eigenvalue weighted by Crippen LogP contribution is 2.35. The molecule has 0 bridgehead atoms. The number of carbonyl (C=O) groups excluding carboxylic acids is 1. The quantitative estimate of drug-likeness (QED) is 0.234. The normalized spacial score (nSPS) is 14.7. The Morgan fingerprint density at radius 3 is 2.19 bits per heavy atom. The molecule has 4 nitrogen and oxygen atoms in total. The lowest BCUT2D eigenvalue weighted by atomic mass is 10.0. The number of amides is 1. The van der Waals surface area contributed by atoms with Crippen molar-refractivity contribution in [3.63, 3.8) is 0 Å². The van der Waals surface area contributed by atoms with Crippen molar-refractivity contribution in [2.45, 2.75) is 95.9 Å². The number of unbranched alkanes of at least 4 members (excludes halogenated alkanes) is 9.